The largest absolute Gasteiger partial charge is 0.335 e. The zero-order chi connectivity index (χ0) is 17.1. The van der Waals surface area contributed by atoms with E-state index >= 15 is 0 Å². The van der Waals surface area contributed by atoms with Gasteiger partial charge < -0.3 is 4.90 Å². The van der Waals surface area contributed by atoms with Crippen molar-refractivity contribution < 1.29 is 4.79 Å². The first-order valence-corrected chi connectivity index (χ1v) is 8.52. The topological polar surface area (TPSA) is 68.8 Å². The van der Waals surface area contributed by atoms with Crippen molar-refractivity contribution >= 4 is 5.91 Å². The summed E-state index contributed by atoms with van der Waals surface area (Å²) in [6.07, 6.45) is 7.46. The van der Waals surface area contributed by atoms with Crippen molar-refractivity contribution in [3.8, 4) is 0 Å². The van der Waals surface area contributed by atoms with Crippen LogP contribution in [0.2, 0.25) is 0 Å². The predicted octanol–water partition coefficient (Wildman–Crippen LogP) is 2.00. The highest BCUT2D eigenvalue weighted by Gasteiger charge is 2.27. The van der Waals surface area contributed by atoms with E-state index in [1.54, 1.807) is 17.1 Å². The summed E-state index contributed by atoms with van der Waals surface area (Å²) in [7, 11) is 0. The zero-order valence-electron chi connectivity index (χ0n) is 13.9. The molecule has 7 heteroatoms. The average Bonchev–Trinajstić information content (AvgIpc) is 3.34. The lowest BCUT2D eigenvalue weighted by Crippen LogP contribution is -2.41. The summed E-state index contributed by atoms with van der Waals surface area (Å²) in [6.45, 7) is 2.02. The van der Waals surface area contributed by atoms with Crippen LogP contribution in [0.25, 0.3) is 0 Å². The number of rotatable bonds is 4. The fourth-order valence-corrected chi connectivity index (χ4v) is 3.26. The fourth-order valence-electron chi connectivity index (χ4n) is 3.26. The third-order valence-electron chi connectivity index (χ3n) is 4.53. The summed E-state index contributed by atoms with van der Waals surface area (Å²) >= 11 is 0. The lowest BCUT2D eigenvalue weighted by molar-refractivity contribution is 0.0667. The molecule has 3 aromatic rings. The standard InChI is InChI=1S/C18H20N6O/c25-18(22-10-4-8-16(13-22)24-11-5-9-19-24)17-14-23(21-20-17)12-15-6-2-1-3-7-15/h1-3,5-7,9,11,14,16H,4,8,10,12-13H2/t16-/m1/s1. The van der Waals surface area contributed by atoms with Gasteiger partial charge in [-0.15, -0.1) is 5.10 Å². The number of hydrogen-bond acceptors (Lipinski definition) is 4. The molecular formula is C18H20N6O. The zero-order valence-corrected chi connectivity index (χ0v) is 13.9. The predicted molar refractivity (Wildman–Crippen MR) is 92.0 cm³/mol. The third kappa shape index (κ3) is 3.45. The maximum atomic E-state index is 12.8. The Bertz CT molecular complexity index is 826. The minimum atomic E-state index is -0.0591. The van der Waals surface area contributed by atoms with Crippen LogP contribution in [0.5, 0.6) is 0 Å². The summed E-state index contributed by atoms with van der Waals surface area (Å²) in [5.41, 5.74) is 1.53. The minimum absolute atomic E-state index is 0.0591. The third-order valence-corrected chi connectivity index (χ3v) is 4.53. The van der Waals surface area contributed by atoms with E-state index in [9.17, 15) is 4.79 Å². The molecule has 0 spiro atoms. The molecule has 0 aliphatic carbocycles. The molecule has 2 aromatic heterocycles. The van der Waals surface area contributed by atoms with Crippen molar-refractivity contribution in [3.05, 3.63) is 66.2 Å². The number of piperidine rings is 1. The number of nitrogens with zero attached hydrogens (tertiary/aromatic N) is 6. The average molecular weight is 336 g/mol. The quantitative estimate of drug-likeness (QED) is 0.731. The maximum Gasteiger partial charge on any atom is 0.276 e. The maximum absolute atomic E-state index is 12.8. The molecular weight excluding hydrogens is 316 g/mol. The Morgan fingerprint density at radius 3 is 2.88 bits per heavy atom. The lowest BCUT2D eigenvalue weighted by Gasteiger charge is -2.32. The van der Waals surface area contributed by atoms with Gasteiger partial charge >= 0.3 is 0 Å². The molecule has 1 fully saturated rings. The van der Waals surface area contributed by atoms with Crippen molar-refractivity contribution in [2.75, 3.05) is 13.1 Å². The van der Waals surface area contributed by atoms with Gasteiger partial charge in [0.2, 0.25) is 0 Å². The van der Waals surface area contributed by atoms with Gasteiger partial charge in [-0.05, 0) is 24.5 Å². The van der Waals surface area contributed by atoms with Crippen LogP contribution in [0.15, 0.2) is 55.0 Å². The second-order valence-electron chi connectivity index (χ2n) is 6.32. The summed E-state index contributed by atoms with van der Waals surface area (Å²) < 4.78 is 3.64. The van der Waals surface area contributed by atoms with Crippen LogP contribution in [0.4, 0.5) is 0 Å². The molecule has 0 N–H and O–H groups in total. The van der Waals surface area contributed by atoms with Crippen LogP contribution in [-0.4, -0.2) is 48.7 Å². The van der Waals surface area contributed by atoms with Crippen molar-refractivity contribution in [1.29, 1.82) is 0 Å². The van der Waals surface area contributed by atoms with Crippen LogP contribution in [0.1, 0.15) is 34.9 Å². The van der Waals surface area contributed by atoms with Crippen LogP contribution in [0.3, 0.4) is 0 Å². The molecule has 1 aliphatic heterocycles. The van der Waals surface area contributed by atoms with Gasteiger partial charge in [0.1, 0.15) is 0 Å². The number of hydrogen-bond donors (Lipinski definition) is 0. The number of benzene rings is 1. The molecule has 25 heavy (non-hydrogen) atoms. The van der Waals surface area contributed by atoms with Gasteiger partial charge in [-0.2, -0.15) is 5.10 Å². The molecule has 1 aliphatic rings. The van der Waals surface area contributed by atoms with E-state index in [1.165, 1.54) is 0 Å². The van der Waals surface area contributed by atoms with Crippen molar-refractivity contribution in [2.45, 2.75) is 25.4 Å². The Labute approximate surface area is 145 Å². The Morgan fingerprint density at radius 1 is 1.20 bits per heavy atom. The van der Waals surface area contributed by atoms with Crippen molar-refractivity contribution in [1.82, 2.24) is 29.7 Å². The molecule has 0 radical (unpaired) electrons. The van der Waals surface area contributed by atoms with Gasteiger partial charge in [0.25, 0.3) is 5.91 Å². The summed E-state index contributed by atoms with van der Waals surface area (Å²) in [6, 6.07) is 12.2. The summed E-state index contributed by atoms with van der Waals surface area (Å²) in [5.74, 6) is -0.0591. The Balaban J connectivity index is 1.44. The van der Waals surface area contributed by atoms with Gasteiger partial charge in [-0.1, -0.05) is 35.5 Å². The van der Waals surface area contributed by atoms with E-state index in [4.69, 9.17) is 0 Å². The van der Waals surface area contributed by atoms with Crippen LogP contribution >= 0.6 is 0 Å². The second kappa shape index (κ2) is 6.88. The SMILES string of the molecule is O=C(c1cn(Cc2ccccc2)nn1)N1CCC[C@@H](n2cccn2)C1. The first kappa shape index (κ1) is 15.6. The van der Waals surface area contributed by atoms with E-state index in [0.717, 1.165) is 24.9 Å². The molecule has 1 saturated heterocycles. The number of carbonyl (C=O) groups excluding carboxylic acids is 1. The molecule has 4 rings (SSSR count). The van der Waals surface area contributed by atoms with Gasteiger partial charge in [0.05, 0.1) is 18.8 Å². The van der Waals surface area contributed by atoms with Gasteiger partial charge in [0, 0.05) is 25.5 Å². The molecule has 1 amide bonds. The fraction of sp³-hybridized carbons (Fsp3) is 0.333. The molecule has 0 unspecified atom stereocenters. The van der Waals surface area contributed by atoms with Gasteiger partial charge in [-0.3, -0.25) is 9.48 Å². The van der Waals surface area contributed by atoms with E-state index in [2.05, 4.69) is 15.4 Å². The highest BCUT2D eigenvalue weighted by molar-refractivity contribution is 5.92. The van der Waals surface area contributed by atoms with Gasteiger partial charge in [-0.25, -0.2) is 4.68 Å². The molecule has 7 nitrogen and oxygen atoms in total. The monoisotopic (exact) mass is 336 g/mol. The summed E-state index contributed by atoms with van der Waals surface area (Å²) in [4.78, 5) is 14.6. The first-order valence-electron chi connectivity index (χ1n) is 8.52. The molecule has 0 saturated carbocycles. The van der Waals surface area contributed by atoms with Crippen LogP contribution < -0.4 is 0 Å². The lowest BCUT2D eigenvalue weighted by atomic mass is 10.1. The number of aromatic nitrogens is 5. The van der Waals surface area contributed by atoms with Crippen LogP contribution in [0, 0.1) is 0 Å². The summed E-state index contributed by atoms with van der Waals surface area (Å²) in [5, 5.41) is 12.5. The number of carbonyl (C=O) groups is 1. The minimum Gasteiger partial charge on any atom is -0.335 e. The molecule has 128 valence electrons. The normalized spacial score (nSPS) is 17.6. The highest BCUT2D eigenvalue weighted by atomic mass is 16.2. The van der Waals surface area contributed by atoms with E-state index < -0.39 is 0 Å². The molecule has 1 atom stereocenters. The highest BCUT2D eigenvalue weighted by Crippen LogP contribution is 2.21. The number of amides is 1. The first-order chi connectivity index (χ1) is 12.3. The Kier molecular flexibility index (Phi) is 4.28. The number of likely N-dealkylation sites (tertiary alicyclic amines) is 1. The van der Waals surface area contributed by atoms with E-state index in [-0.39, 0.29) is 11.9 Å². The smallest absolute Gasteiger partial charge is 0.276 e. The van der Waals surface area contributed by atoms with Crippen LogP contribution in [-0.2, 0) is 6.54 Å². The Morgan fingerprint density at radius 2 is 2.08 bits per heavy atom. The van der Waals surface area contributed by atoms with Crippen molar-refractivity contribution in [2.24, 2.45) is 0 Å². The molecule has 0 bridgehead atoms. The van der Waals surface area contributed by atoms with Gasteiger partial charge in [0.15, 0.2) is 5.69 Å². The molecule has 3 heterocycles. The van der Waals surface area contributed by atoms with E-state index in [0.29, 0.717) is 18.8 Å². The molecule has 1 aromatic carbocycles. The Hall–Kier alpha value is -2.96. The van der Waals surface area contributed by atoms with E-state index in [1.807, 2.05) is 52.2 Å². The van der Waals surface area contributed by atoms with Crippen molar-refractivity contribution in [3.63, 3.8) is 0 Å². The second-order valence-corrected chi connectivity index (χ2v) is 6.32.